The normalized spacial score (nSPS) is 11.7. The molecular formula is C27H33N3O7S2. The van der Waals surface area contributed by atoms with Gasteiger partial charge in [0.2, 0.25) is 20.0 Å². The molecule has 210 valence electrons. The molecule has 0 aliphatic carbocycles. The van der Waals surface area contributed by atoms with E-state index in [-0.39, 0.29) is 30.5 Å². The highest BCUT2D eigenvalue weighted by atomic mass is 32.2. The topological polar surface area (TPSA) is 122 Å². The van der Waals surface area contributed by atoms with Crippen LogP contribution in [0.15, 0.2) is 77.7 Å². The lowest BCUT2D eigenvalue weighted by Crippen LogP contribution is -2.30. The van der Waals surface area contributed by atoms with Crippen molar-refractivity contribution in [2.75, 3.05) is 44.4 Å². The molecule has 0 radical (unpaired) electrons. The van der Waals surface area contributed by atoms with Gasteiger partial charge in [0.1, 0.15) is 18.1 Å². The number of rotatable bonds is 13. The average molecular weight is 576 g/mol. The van der Waals surface area contributed by atoms with Gasteiger partial charge in [-0.05, 0) is 61.0 Å². The molecule has 1 amide bonds. The summed E-state index contributed by atoms with van der Waals surface area (Å²) in [7, 11) is -4.20. The Kier molecular flexibility index (Phi) is 9.95. The number of carbonyl (C=O) groups is 1. The molecule has 0 fully saturated rings. The van der Waals surface area contributed by atoms with Crippen molar-refractivity contribution in [2.24, 2.45) is 0 Å². The maximum absolute atomic E-state index is 12.6. The quantitative estimate of drug-likeness (QED) is 0.311. The highest BCUT2D eigenvalue weighted by Crippen LogP contribution is 2.31. The van der Waals surface area contributed by atoms with Gasteiger partial charge in [-0.1, -0.05) is 24.3 Å². The van der Waals surface area contributed by atoms with E-state index < -0.39 is 20.0 Å². The number of benzene rings is 3. The van der Waals surface area contributed by atoms with Gasteiger partial charge in [0, 0.05) is 19.7 Å². The van der Waals surface area contributed by atoms with Crippen LogP contribution in [-0.4, -0.2) is 67.2 Å². The zero-order valence-electron chi connectivity index (χ0n) is 22.3. The van der Waals surface area contributed by atoms with Crippen LogP contribution in [0, 0.1) is 0 Å². The van der Waals surface area contributed by atoms with Crippen LogP contribution in [-0.2, 0) is 26.6 Å². The molecule has 1 N–H and O–H groups in total. The van der Waals surface area contributed by atoms with Crippen LogP contribution in [0.1, 0.15) is 22.8 Å². The molecule has 0 aromatic heterocycles. The van der Waals surface area contributed by atoms with Crippen LogP contribution < -0.4 is 19.1 Å². The zero-order chi connectivity index (χ0) is 28.6. The van der Waals surface area contributed by atoms with Gasteiger partial charge < -0.3 is 14.8 Å². The third kappa shape index (κ3) is 7.94. The lowest BCUT2D eigenvalue weighted by molar-refractivity contribution is 0.0947. The smallest absolute Gasteiger partial charge is 0.251 e. The first-order valence-corrected chi connectivity index (χ1v) is 15.4. The number of sulfonamides is 2. The Labute approximate surface area is 230 Å². The summed E-state index contributed by atoms with van der Waals surface area (Å²) in [5.74, 6) is 0.644. The number of nitrogens with zero attached hydrogens (tertiary/aromatic N) is 2. The maximum Gasteiger partial charge on any atom is 0.251 e. The van der Waals surface area contributed by atoms with E-state index in [0.717, 1.165) is 10.6 Å². The number of hydrogen-bond donors (Lipinski definition) is 1. The first-order chi connectivity index (χ1) is 18.4. The Morgan fingerprint density at radius 3 is 2.10 bits per heavy atom. The fourth-order valence-corrected chi connectivity index (χ4v) is 5.40. The largest absolute Gasteiger partial charge is 0.492 e. The van der Waals surface area contributed by atoms with E-state index in [4.69, 9.17) is 9.47 Å². The van der Waals surface area contributed by atoms with Gasteiger partial charge >= 0.3 is 0 Å². The van der Waals surface area contributed by atoms with Gasteiger partial charge in [-0.3, -0.25) is 9.10 Å². The maximum atomic E-state index is 12.6. The van der Waals surface area contributed by atoms with Crippen LogP contribution in [0.5, 0.6) is 11.5 Å². The molecule has 0 saturated carbocycles. The summed E-state index contributed by atoms with van der Waals surface area (Å²) in [4.78, 5) is 12.7. The molecule has 0 saturated heterocycles. The Hall–Kier alpha value is -3.61. The van der Waals surface area contributed by atoms with Crippen molar-refractivity contribution in [1.29, 1.82) is 0 Å². The van der Waals surface area contributed by atoms with Gasteiger partial charge in [-0.2, -0.15) is 0 Å². The minimum atomic E-state index is -3.61. The molecule has 0 bridgehead atoms. The van der Waals surface area contributed by atoms with E-state index in [2.05, 4.69) is 5.32 Å². The van der Waals surface area contributed by atoms with Gasteiger partial charge in [0.05, 0.1) is 36.5 Å². The fraction of sp³-hybridized carbons (Fsp3) is 0.296. The Balaban J connectivity index is 1.57. The number of para-hydroxylation sites is 2. The molecule has 39 heavy (non-hydrogen) atoms. The standard InChI is InChI=1S/C27H33N3O7S2/c1-5-36-26-9-7-6-8-25(26)30(38(4,32)33)20-21-10-12-22(13-11-21)27(31)28-18-19-37-23-14-16-24(17-15-23)39(34,35)29(2)3/h6-17H,5,18-20H2,1-4H3,(H,28,31). The molecule has 12 heteroatoms. The monoisotopic (exact) mass is 575 g/mol. The molecule has 3 rings (SSSR count). The lowest BCUT2D eigenvalue weighted by atomic mass is 10.1. The van der Waals surface area contributed by atoms with E-state index in [1.807, 2.05) is 6.92 Å². The van der Waals surface area contributed by atoms with E-state index in [0.29, 0.717) is 34.9 Å². The van der Waals surface area contributed by atoms with Crippen molar-refractivity contribution in [3.8, 4) is 11.5 Å². The van der Waals surface area contributed by atoms with Crippen molar-refractivity contribution in [3.63, 3.8) is 0 Å². The third-order valence-electron chi connectivity index (χ3n) is 5.64. The minimum Gasteiger partial charge on any atom is -0.492 e. The van der Waals surface area contributed by atoms with Crippen molar-refractivity contribution in [3.05, 3.63) is 83.9 Å². The summed E-state index contributed by atoms with van der Waals surface area (Å²) < 4.78 is 63.0. The van der Waals surface area contributed by atoms with Gasteiger partial charge in [-0.25, -0.2) is 21.1 Å². The average Bonchev–Trinajstić information content (AvgIpc) is 2.90. The Bertz CT molecular complexity index is 1470. The van der Waals surface area contributed by atoms with Gasteiger partial charge in [0.25, 0.3) is 5.91 Å². The molecule has 0 heterocycles. The number of anilines is 1. The predicted molar refractivity (Wildman–Crippen MR) is 150 cm³/mol. The summed E-state index contributed by atoms with van der Waals surface area (Å²) >= 11 is 0. The van der Waals surface area contributed by atoms with Gasteiger partial charge in [-0.15, -0.1) is 0 Å². The SMILES string of the molecule is CCOc1ccccc1N(Cc1ccc(C(=O)NCCOc2ccc(S(=O)(=O)N(C)C)cc2)cc1)S(C)(=O)=O. The van der Waals surface area contributed by atoms with E-state index in [9.17, 15) is 21.6 Å². The van der Waals surface area contributed by atoms with Crippen molar-refractivity contribution in [1.82, 2.24) is 9.62 Å². The zero-order valence-corrected chi connectivity index (χ0v) is 24.0. The van der Waals surface area contributed by atoms with Crippen LogP contribution in [0.25, 0.3) is 0 Å². The predicted octanol–water partition coefficient (Wildman–Crippen LogP) is 3.11. The molecule has 0 aliphatic rings. The summed E-state index contributed by atoms with van der Waals surface area (Å²) in [6.45, 7) is 2.72. The number of nitrogens with one attached hydrogen (secondary N) is 1. The summed E-state index contributed by atoms with van der Waals surface area (Å²) in [5.41, 5.74) is 1.56. The van der Waals surface area contributed by atoms with Crippen molar-refractivity contribution < 1.29 is 31.1 Å². The second-order valence-corrected chi connectivity index (χ2v) is 12.8. The first-order valence-electron chi connectivity index (χ1n) is 12.2. The molecular weight excluding hydrogens is 542 g/mol. The number of hydrogen-bond acceptors (Lipinski definition) is 7. The second kappa shape index (κ2) is 13.0. The Morgan fingerprint density at radius 1 is 0.872 bits per heavy atom. The van der Waals surface area contributed by atoms with Crippen molar-refractivity contribution in [2.45, 2.75) is 18.4 Å². The minimum absolute atomic E-state index is 0.0767. The third-order valence-corrected chi connectivity index (χ3v) is 8.59. The first kappa shape index (κ1) is 29.9. The molecule has 0 aliphatic heterocycles. The van der Waals surface area contributed by atoms with E-state index in [1.54, 1.807) is 60.7 Å². The van der Waals surface area contributed by atoms with Gasteiger partial charge in [0.15, 0.2) is 0 Å². The molecule has 0 spiro atoms. The number of amides is 1. The molecule has 3 aromatic carbocycles. The molecule has 10 nitrogen and oxygen atoms in total. The number of carbonyl (C=O) groups excluding carboxylic acids is 1. The molecule has 0 atom stereocenters. The summed E-state index contributed by atoms with van der Waals surface area (Å²) in [6, 6.07) is 19.7. The van der Waals surface area contributed by atoms with Crippen LogP contribution in [0.3, 0.4) is 0 Å². The lowest BCUT2D eigenvalue weighted by Gasteiger charge is -2.24. The molecule has 3 aromatic rings. The summed E-state index contributed by atoms with van der Waals surface area (Å²) in [6.07, 6.45) is 1.14. The van der Waals surface area contributed by atoms with E-state index in [1.165, 1.54) is 30.5 Å². The van der Waals surface area contributed by atoms with Crippen LogP contribution in [0.4, 0.5) is 5.69 Å². The summed E-state index contributed by atoms with van der Waals surface area (Å²) in [5, 5.41) is 2.76. The Morgan fingerprint density at radius 2 is 1.51 bits per heavy atom. The van der Waals surface area contributed by atoms with Crippen LogP contribution in [0.2, 0.25) is 0 Å². The number of ether oxygens (including phenoxy) is 2. The van der Waals surface area contributed by atoms with Crippen LogP contribution >= 0.6 is 0 Å². The van der Waals surface area contributed by atoms with Crippen molar-refractivity contribution >= 4 is 31.6 Å². The highest BCUT2D eigenvalue weighted by Gasteiger charge is 2.22. The fourth-order valence-electron chi connectivity index (χ4n) is 3.60. The highest BCUT2D eigenvalue weighted by molar-refractivity contribution is 7.92. The van der Waals surface area contributed by atoms with E-state index >= 15 is 0 Å². The molecule has 0 unspecified atom stereocenters. The second-order valence-electron chi connectivity index (χ2n) is 8.73.